The molecule has 3 aromatic rings. The number of imidazole rings is 1. The van der Waals surface area contributed by atoms with E-state index in [0.717, 1.165) is 11.2 Å². The van der Waals surface area contributed by atoms with Gasteiger partial charge in [0.15, 0.2) is 0 Å². The Morgan fingerprint density at radius 2 is 2.00 bits per heavy atom. The molecule has 0 aliphatic heterocycles. The number of pyridine rings is 1. The number of nitrogens with zero attached hydrogens (tertiary/aromatic N) is 2. The van der Waals surface area contributed by atoms with Gasteiger partial charge in [-0.1, -0.05) is 17.7 Å². The molecular weight excluding hydrogens is 264 g/mol. The fourth-order valence-electron chi connectivity index (χ4n) is 1.97. The molecule has 0 atom stereocenters. The first kappa shape index (κ1) is 12.0. The summed E-state index contributed by atoms with van der Waals surface area (Å²) in [5.41, 5.74) is 2.76. The Balaban J connectivity index is 2.17. The van der Waals surface area contributed by atoms with E-state index in [2.05, 4.69) is 4.98 Å². The lowest BCUT2D eigenvalue weighted by Gasteiger charge is -2.00. The second-order valence-corrected chi connectivity index (χ2v) is 4.68. The number of hydrogen-bond donors (Lipinski definition) is 2. The van der Waals surface area contributed by atoms with E-state index < -0.39 is 0 Å². The molecule has 0 saturated heterocycles. The summed E-state index contributed by atoms with van der Waals surface area (Å²) in [5, 5.41) is 19.5. The van der Waals surface area contributed by atoms with Gasteiger partial charge >= 0.3 is 0 Å². The summed E-state index contributed by atoms with van der Waals surface area (Å²) in [6.07, 6.45) is 3.59. The van der Waals surface area contributed by atoms with Crippen LogP contribution < -0.4 is 0 Å². The highest BCUT2D eigenvalue weighted by atomic mass is 35.5. The highest BCUT2D eigenvalue weighted by Gasteiger charge is 2.09. The molecule has 0 bridgehead atoms. The number of rotatable bonds is 2. The molecule has 0 radical (unpaired) electrons. The van der Waals surface area contributed by atoms with Crippen LogP contribution in [0.2, 0.25) is 5.02 Å². The van der Waals surface area contributed by atoms with Crippen LogP contribution in [0.5, 0.6) is 5.75 Å². The molecule has 0 aliphatic rings. The Labute approximate surface area is 114 Å². The summed E-state index contributed by atoms with van der Waals surface area (Å²) in [6, 6.07) is 8.47. The van der Waals surface area contributed by atoms with Crippen molar-refractivity contribution in [3.63, 3.8) is 0 Å². The maximum Gasteiger partial charge on any atom is 0.137 e. The van der Waals surface area contributed by atoms with Gasteiger partial charge in [-0.15, -0.1) is 0 Å². The molecule has 96 valence electrons. The molecule has 0 unspecified atom stereocenters. The maximum absolute atomic E-state index is 9.87. The molecule has 4 nitrogen and oxygen atoms in total. The molecule has 5 heteroatoms. The summed E-state index contributed by atoms with van der Waals surface area (Å²) in [5.74, 6) is 0.134. The largest absolute Gasteiger partial charge is 0.507 e. The summed E-state index contributed by atoms with van der Waals surface area (Å²) < 4.78 is 1.81. The average Bonchev–Trinajstić information content (AvgIpc) is 2.83. The summed E-state index contributed by atoms with van der Waals surface area (Å²) in [7, 11) is 0. The lowest BCUT2D eigenvalue weighted by molar-refractivity contribution is 0.281. The van der Waals surface area contributed by atoms with E-state index in [-0.39, 0.29) is 12.4 Å². The second-order valence-electron chi connectivity index (χ2n) is 4.25. The van der Waals surface area contributed by atoms with Crippen LogP contribution in [-0.2, 0) is 6.61 Å². The fourth-order valence-corrected chi connectivity index (χ4v) is 2.15. The van der Waals surface area contributed by atoms with Gasteiger partial charge < -0.3 is 14.6 Å². The summed E-state index contributed by atoms with van der Waals surface area (Å²) in [6.45, 7) is -0.0220. The number of benzene rings is 1. The van der Waals surface area contributed by atoms with Crippen LogP contribution >= 0.6 is 11.6 Å². The van der Waals surface area contributed by atoms with Crippen LogP contribution in [0, 0.1) is 0 Å². The van der Waals surface area contributed by atoms with Crippen LogP contribution in [-0.4, -0.2) is 19.6 Å². The molecule has 2 N–H and O–H groups in total. The number of aliphatic hydroxyl groups is 1. The monoisotopic (exact) mass is 274 g/mol. The predicted molar refractivity (Wildman–Crippen MR) is 73.2 cm³/mol. The predicted octanol–water partition coefficient (Wildman–Crippen LogP) is 2.85. The molecule has 19 heavy (non-hydrogen) atoms. The first-order valence-electron chi connectivity index (χ1n) is 5.75. The first-order valence-corrected chi connectivity index (χ1v) is 6.12. The smallest absolute Gasteiger partial charge is 0.137 e. The van der Waals surface area contributed by atoms with Crippen molar-refractivity contribution in [3.8, 4) is 17.0 Å². The number of aromatic hydroxyl groups is 1. The lowest BCUT2D eigenvalue weighted by atomic mass is 10.1. The van der Waals surface area contributed by atoms with E-state index in [4.69, 9.17) is 16.7 Å². The Morgan fingerprint density at radius 3 is 2.79 bits per heavy atom. The molecule has 2 aromatic heterocycles. The topological polar surface area (TPSA) is 57.8 Å². The zero-order valence-corrected chi connectivity index (χ0v) is 10.7. The SMILES string of the molecule is OCc1ccc2nc(-c3cc(Cl)ccc3O)cn2c1. The molecule has 0 aliphatic carbocycles. The van der Waals surface area contributed by atoms with Crippen LogP contribution in [0.15, 0.2) is 42.7 Å². The maximum atomic E-state index is 9.87. The Kier molecular flexibility index (Phi) is 2.89. The van der Waals surface area contributed by atoms with Gasteiger partial charge in [-0.05, 0) is 29.8 Å². The van der Waals surface area contributed by atoms with Gasteiger partial charge in [0, 0.05) is 23.0 Å². The summed E-state index contributed by atoms with van der Waals surface area (Å²) >= 11 is 5.93. The molecule has 2 heterocycles. The van der Waals surface area contributed by atoms with Crippen molar-refractivity contribution in [1.82, 2.24) is 9.38 Å². The van der Waals surface area contributed by atoms with Crippen molar-refractivity contribution in [2.45, 2.75) is 6.61 Å². The molecule has 0 fully saturated rings. The minimum atomic E-state index is -0.0220. The standard InChI is InChI=1S/C14H11ClN2O2/c15-10-2-3-13(19)11(5-10)12-7-17-6-9(8-18)1-4-14(17)16-12/h1-7,18-19H,8H2. The van der Waals surface area contributed by atoms with Crippen LogP contribution in [0.3, 0.4) is 0 Å². The highest BCUT2D eigenvalue weighted by Crippen LogP contribution is 2.31. The quantitative estimate of drug-likeness (QED) is 0.755. The van der Waals surface area contributed by atoms with Crippen molar-refractivity contribution in [1.29, 1.82) is 0 Å². The second kappa shape index (κ2) is 4.57. The zero-order valence-electron chi connectivity index (χ0n) is 9.92. The van der Waals surface area contributed by atoms with Crippen molar-refractivity contribution in [3.05, 3.63) is 53.3 Å². The van der Waals surface area contributed by atoms with E-state index in [0.29, 0.717) is 16.3 Å². The van der Waals surface area contributed by atoms with Crippen molar-refractivity contribution < 1.29 is 10.2 Å². The van der Waals surface area contributed by atoms with E-state index in [1.165, 1.54) is 0 Å². The van der Waals surface area contributed by atoms with Crippen LogP contribution in [0.25, 0.3) is 16.9 Å². The van der Waals surface area contributed by atoms with Gasteiger partial charge in [0.05, 0.1) is 12.3 Å². The van der Waals surface area contributed by atoms with Gasteiger partial charge in [0.25, 0.3) is 0 Å². The summed E-state index contributed by atoms with van der Waals surface area (Å²) in [4.78, 5) is 4.42. The van der Waals surface area contributed by atoms with Crippen LogP contribution in [0.1, 0.15) is 5.56 Å². The first-order chi connectivity index (χ1) is 9.17. The lowest BCUT2D eigenvalue weighted by Crippen LogP contribution is -1.88. The number of aliphatic hydroxyl groups excluding tert-OH is 1. The number of hydrogen-bond acceptors (Lipinski definition) is 3. The number of aromatic nitrogens is 2. The molecule has 0 saturated carbocycles. The minimum Gasteiger partial charge on any atom is -0.507 e. The number of phenolic OH excluding ortho intramolecular Hbond substituents is 1. The van der Waals surface area contributed by atoms with Gasteiger partial charge in [-0.25, -0.2) is 4.98 Å². The Hall–Kier alpha value is -2.04. The fraction of sp³-hybridized carbons (Fsp3) is 0.0714. The molecular formula is C14H11ClN2O2. The minimum absolute atomic E-state index is 0.0220. The average molecular weight is 275 g/mol. The number of phenols is 1. The van der Waals surface area contributed by atoms with E-state index in [1.807, 2.05) is 12.1 Å². The zero-order chi connectivity index (χ0) is 13.4. The van der Waals surface area contributed by atoms with E-state index in [1.54, 1.807) is 35.0 Å². The van der Waals surface area contributed by atoms with E-state index in [9.17, 15) is 5.11 Å². The van der Waals surface area contributed by atoms with Gasteiger partial charge in [-0.2, -0.15) is 0 Å². The Bertz CT molecular complexity index is 752. The Morgan fingerprint density at radius 1 is 1.16 bits per heavy atom. The molecule has 1 aromatic carbocycles. The van der Waals surface area contributed by atoms with Gasteiger partial charge in [-0.3, -0.25) is 0 Å². The molecule has 3 rings (SSSR count). The van der Waals surface area contributed by atoms with E-state index >= 15 is 0 Å². The third-order valence-corrected chi connectivity index (χ3v) is 3.16. The van der Waals surface area contributed by atoms with Crippen molar-refractivity contribution in [2.24, 2.45) is 0 Å². The van der Waals surface area contributed by atoms with Gasteiger partial charge in [0.2, 0.25) is 0 Å². The normalized spacial score (nSPS) is 11.1. The van der Waals surface area contributed by atoms with Crippen LogP contribution in [0.4, 0.5) is 0 Å². The third kappa shape index (κ3) is 2.16. The molecule has 0 spiro atoms. The highest BCUT2D eigenvalue weighted by molar-refractivity contribution is 6.30. The van der Waals surface area contributed by atoms with Crippen molar-refractivity contribution in [2.75, 3.05) is 0 Å². The van der Waals surface area contributed by atoms with Gasteiger partial charge in [0.1, 0.15) is 11.4 Å². The number of fused-ring (bicyclic) bond motifs is 1. The van der Waals surface area contributed by atoms with Crippen molar-refractivity contribution >= 4 is 17.2 Å². The third-order valence-electron chi connectivity index (χ3n) is 2.93. The molecule has 0 amide bonds. The number of halogens is 1.